The van der Waals surface area contributed by atoms with Gasteiger partial charge in [0.25, 0.3) is 0 Å². The molecule has 96 valence electrons. The molecule has 0 bridgehead atoms. The van der Waals surface area contributed by atoms with Gasteiger partial charge in [-0.3, -0.25) is 0 Å². The fourth-order valence-corrected chi connectivity index (χ4v) is 1.72. The summed E-state index contributed by atoms with van der Waals surface area (Å²) >= 11 is 5.72. The van der Waals surface area contributed by atoms with E-state index in [1.54, 1.807) is 18.2 Å². The van der Waals surface area contributed by atoms with Crippen molar-refractivity contribution in [3.8, 4) is 0 Å². The van der Waals surface area contributed by atoms with Gasteiger partial charge in [0, 0.05) is 18.2 Å². The van der Waals surface area contributed by atoms with Crippen LogP contribution in [0, 0.1) is 5.82 Å². The molecule has 0 fully saturated rings. The molecule has 0 aromatic heterocycles. The van der Waals surface area contributed by atoms with Crippen LogP contribution >= 0.6 is 11.6 Å². The Morgan fingerprint density at radius 2 is 2.12 bits per heavy atom. The van der Waals surface area contributed by atoms with Crippen molar-refractivity contribution in [3.05, 3.63) is 34.6 Å². The smallest absolute Gasteiger partial charge is 0.146 e. The molecular formula is C13H20ClFN2. The number of nitrogens with one attached hydrogen (secondary N) is 1. The van der Waals surface area contributed by atoms with Gasteiger partial charge in [0.1, 0.15) is 5.82 Å². The van der Waals surface area contributed by atoms with Crippen LogP contribution in [0.2, 0.25) is 5.02 Å². The van der Waals surface area contributed by atoms with Crippen LogP contribution in [0.15, 0.2) is 18.2 Å². The second-order valence-corrected chi connectivity index (χ2v) is 4.99. The number of nitrogens with zero attached hydrogens (tertiary/aromatic N) is 1. The Kier molecular flexibility index (Phi) is 5.89. The SMILES string of the molecule is CC(CCN(C)C)NCc1cccc(Cl)c1F. The van der Waals surface area contributed by atoms with Gasteiger partial charge < -0.3 is 10.2 Å². The normalized spacial score (nSPS) is 13.1. The summed E-state index contributed by atoms with van der Waals surface area (Å²) in [6.45, 7) is 3.64. The van der Waals surface area contributed by atoms with Crippen LogP contribution in [-0.4, -0.2) is 31.6 Å². The van der Waals surface area contributed by atoms with Crippen LogP contribution < -0.4 is 5.32 Å². The maximum Gasteiger partial charge on any atom is 0.146 e. The van der Waals surface area contributed by atoms with Gasteiger partial charge in [0.2, 0.25) is 0 Å². The average Bonchev–Trinajstić information content (AvgIpc) is 2.28. The van der Waals surface area contributed by atoms with Crippen molar-refractivity contribution in [2.24, 2.45) is 0 Å². The van der Waals surface area contributed by atoms with E-state index in [9.17, 15) is 4.39 Å². The minimum Gasteiger partial charge on any atom is -0.310 e. The number of benzene rings is 1. The van der Waals surface area contributed by atoms with Crippen LogP contribution in [0.1, 0.15) is 18.9 Å². The number of rotatable bonds is 6. The topological polar surface area (TPSA) is 15.3 Å². The molecule has 1 N–H and O–H groups in total. The lowest BCUT2D eigenvalue weighted by Gasteiger charge is -2.17. The predicted molar refractivity (Wildman–Crippen MR) is 70.9 cm³/mol. The minimum absolute atomic E-state index is 0.185. The van der Waals surface area contributed by atoms with E-state index >= 15 is 0 Å². The highest BCUT2D eigenvalue weighted by atomic mass is 35.5. The van der Waals surface area contributed by atoms with Crippen molar-refractivity contribution in [1.29, 1.82) is 0 Å². The molecule has 0 amide bonds. The zero-order valence-corrected chi connectivity index (χ0v) is 11.4. The summed E-state index contributed by atoms with van der Waals surface area (Å²) in [6.07, 6.45) is 1.04. The highest BCUT2D eigenvalue weighted by molar-refractivity contribution is 6.30. The second-order valence-electron chi connectivity index (χ2n) is 4.59. The van der Waals surface area contributed by atoms with E-state index in [1.165, 1.54) is 0 Å². The van der Waals surface area contributed by atoms with Crippen molar-refractivity contribution in [3.63, 3.8) is 0 Å². The van der Waals surface area contributed by atoms with E-state index in [-0.39, 0.29) is 10.8 Å². The van der Waals surface area contributed by atoms with E-state index in [4.69, 9.17) is 11.6 Å². The third-order valence-electron chi connectivity index (χ3n) is 2.68. The molecule has 2 nitrogen and oxygen atoms in total. The summed E-state index contributed by atoms with van der Waals surface area (Å²) in [7, 11) is 4.09. The lowest BCUT2D eigenvalue weighted by atomic mass is 10.1. The monoisotopic (exact) mass is 258 g/mol. The molecule has 1 atom stereocenters. The van der Waals surface area contributed by atoms with Crippen molar-refractivity contribution in [2.75, 3.05) is 20.6 Å². The van der Waals surface area contributed by atoms with E-state index in [0.29, 0.717) is 18.2 Å². The third-order valence-corrected chi connectivity index (χ3v) is 2.97. The summed E-state index contributed by atoms with van der Waals surface area (Å²) in [5.41, 5.74) is 0.620. The van der Waals surface area contributed by atoms with Crippen LogP contribution in [-0.2, 0) is 6.54 Å². The van der Waals surface area contributed by atoms with Crippen molar-refractivity contribution < 1.29 is 4.39 Å². The van der Waals surface area contributed by atoms with Gasteiger partial charge in [0.15, 0.2) is 0 Å². The predicted octanol–water partition coefficient (Wildman–Crippen LogP) is 2.91. The van der Waals surface area contributed by atoms with Crippen molar-refractivity contribution >= 4 is 11.6 Å². The average molecular weight is 259 g/mol. The molecule has 17 heavy (non-hydrogen) atoms. The molecular weight excluding hydrogens is 239 g/mol. The first-order chi connectivity index (χ1) is 8.00. The van der Waals surface area contributed by atoms with Gasteiger partial charge in [-0.1, -0.05) is 23.7 Å². The first-order valence-electron chi connectivity index (χ1n) is 5.81. The van der Waals surface area contributed by atoms with Crippen LogP contribution in [0.25, 0.3) is 0 Å². The maximum atomic E-state index is 13.6. The van der Waals surface area contributed by atoms with E-state index < -0.39 is 0 Å². The molecule has 1 aromatic carbocycles. The third kappa shape index (κ3) is 5.02. The zero-order chi connectivity index (χ0) is 12.8. The lowest BCUT2D eigenvalue weighted by molar-refractivity contribution is 0.365. The Labute approximate surface area is 108 Å². The number of hydrogen-bond donors (Lipinski definition) is 1. The molecule has 1 aromatic rings. The summed E-state index contributed by atoms with van der Waals surface area (Å²) in [5.74, 6) is -0.318. The number of halogens is 2. The Morgan fingerprint density at radius 1 is 1.41 bits per heavy atom. The minimum atomic E-state index is -0.318. The molecule has 0 heterocycles. The molecule has 0 aliphatic carbocycles. The molecule has 1 rings (SSSR count). The Balaban J connectivity index is 2.42. The first kappa shape index (κ1) is 14.4. The van der Waals surface area contributed by atoms with Gasteiger partial charge in [-0.25, -0.2) is 4.39 Å². The van der Waals surface area contributed by atoms with E-state index in [2.05, 4.69) is 17.1 Å². The van der Waals surface area contributed by atoms with E-state index in [0.717, 1.165) is 13.0 Å². The largest absolute Gasteiger partial charge is 0.310 e. The Hall–Kier alpha value is -0.640. The molecule has 1 unspecified atom stereocenters. The van der Waals surface area contributed by atoms with Crippen LogP contribution in [0.5, 0.6) is 0 Å². The Morgan fingerprint density at radius 3 is 2.76 bits per heavy atom. The van der Waals surface area contributed by atoms with Gasteiger partial charge in [0.05, 0.1) is 5.02 Å². The van der Waals surface area contributed by atoms with E-state index in [1.807, 2.05) is 14.1 Å². The molecule has 0 spiro atoms. The number of hydrogen-bond acceptors (Lipinski definition) is 2. The van der Waals surface area contributed by atoms with Crippen LogP contribution in [0.4, 0.5) is 4.39 Å². The quantitative estimate of drug-likeness (QED) is 0.844. The highest BCUT2D eigenvalue weighted by Crippen LogP contribution is 2.17. The molecule has 4 heteroatoms. The fraction of sp³-hybridized carbons (Fsp3) is 0.538. The first-order valence-corrected chi connectivity index (χ1v) is 6.19. The van der Waals surface area contributed by atoms with Crippen molar-refractivity contribution in [1.82, 2.24) is 10.2 Å². The molecule has 0 aliphatic rings. The summed E-state index contributed by atoms with van der Waals surface area (Å²) in [4.78, 5) is 2.14. The summed E-state index contributed by atoms with van der Waals surface area (Å²) in [5, 5.41) is 3.48. The molecule has 0 saturated heterocycles. The Bertz CT molecular complexity index is 355. The standard InChI is InChI=1S/C13H20ClFN2/c1-10(7-8-17(2)3)16-9-11-5-4-6-12(14)13(11)15/h4-6,10,16H,7-9H2,1-3H3. The second kappa shape index (κ2) is 6.94. The van der Waals surface area contributed by atoms with Gasteiger partial charge >= 0.3 is 0 Å². The summed E-state index contributed by atoms with van der Waals surface area (Å²) < 4.78 is 13.6. The van der Waals surface area contributed by atoms with Crippen molar-refractivity contribution in [2.45, 2.75) is 25.9 Å². The maximum absolute atomic E-state index is 13.6. The van der Waals surface area contributed by atoms with Gasteiger partial charge in [-0.05, 0) is 40.1 Å². The lowest BCUT2D eigenvalue weighted by Crippen LogP contribution is -2.29. The highest BCUT2D eigenvalue weighted by Gasteiger charge is 2.07. The molecule has 0 radical (unpaired) electrons. The van der Waals surface area contributed by atoms with Gasteiger partial charge in [-0.15, -0.1) is 0 Å². The zero-order valence-electron chi connectivity index (χ0n) is 10.6. The molecule has 0 saturated carbocycles. The summed E-state index contributed by atoms with van der Waals surface area (Å²) in [6, 6.07) is 5.45. The van der Waals surface area contributed by atoms with Gasteiger partial charge in [-0.2, -0.15) is 0 Å². The van der Waals surface area contributed by atoms with Crippen LogP contribution in [0.3, 0.4) is 0 Å². The fourth-order valence-electron chi connectivity index (χ4n) is 1.52. The molecule has 0 aliphatic heterocycles.